The van der Waals surface area contributed by atoms with Gasteiger partial charge in [0.15, 0.2) is 11.5 Å². The third-order valence-corrected chi connectivity index (χ3v) is 2.75. The molecule has 0 amide bonds. The Labute approximate surface area is 106 Å². The lowest BCUT2D eigenvalue weighted by molar-refractivity contribution is 0.0499. The number of hydrogen-bond acceptors (Lipinski definition) is 5. The Morgan fingerprint density at radius 2 is 2.06 bits per heavy atom. The first-order chi connectivity index (χ1) is 8.72. The van der Waals surface area contributed by atoms with Gasteiger partial charge in [0.2, 0.25) is 6.79 Å². The van der Waals surface area contributed by atoms with Gasteiger partial charge >= 0.3 is 5.97 Å². The minimum absolute atomic E-state index is 0.157. The van der Waals surface area contributed by atoms with Crippen LogP contribution in [-0.4, -0.2) is 19.4 Å². The van der Waals surface area contributed by atoms with Crippen LogP contribution in [0.1, 0.15) is 36.5 Å². The Morgan fingerprint density at radius 3 is 2.78 bits per heavy atom. The summed E-state index contributed by atoms with van der Waals surface area (Å²) in [6.45, 7) is 2.67. The summed E-state index contributed by atoms with van der Waals surface area (Å²) in [6.07, 6.45) is 3.00. The van der Waals surface area contributed by atoms with E-state index in [0.29, 0.717) is 29.4 Å². The van der Waals surface area contributed by atoms with E-state index in [1.165, 1.54) is 0 Å². The van der Waals surface area contributed by atoms with Crippen molar-refractivity contribution in [1.82, 2.24) is 0 Å². The second-order valence-electron chi connectivity index (χ2n) is 4.14. The van der Waals surface area contributed by atoms with Crippen molar-refractivity contribution >= 4 is 11.7 Å². The maximum Gasteiger partial charge on any atom is 0.340 e. The average molecular weight is 251 g/mol. The van der Waals surface area contributed by atoms with Crippen LogP contribution in [0.4, 0.5) is 5.69 Å². The molecule has 0 radical (unpaired) electrons. The summed E-state index contributed by atoms with van der Waals surface area (Å²) < 4.78 is 15.5. The Kier molecular flexibility index (Phi) is 3.92. The number of anilines is 1. The van der Waals surface area contributed by atoms with Crippen LogP contribution < -0.4 is 15.2 Å². The molecule has 0 bridgehead atoms. The standard InChI is InChI=1S/C13H17NO4/c1-2-3-4-5-16-13(15)9-6-11-12(7-10(9)14)18-8-17-11/h6-7H,2-5,8,14H2,1H3. The number of carbonyl (C=O) groups excluding carboxylic acids is 1. The maximum atomic E-state index is 11.8. The van der Waals surface area contributed by atoms with E-state index in [-0.39, 0.29) is 6.79 Å². The van der Waals surface area contributed by atoms with Crippen molar-refractivity contribution in [2.24, 2.45) is 0 Å². The molecule has 0 saturated carbocycles. The molecule has 0 saturated heterocycles. The van der Waals surface area contributed by atoms with Crippen LogP contribution in [0.25, 0.3) is 0 Å². The summed E-state index contributed by atoms with van der Waals surface area (Å²) in [7, 11) is 0. The molecule has 1 aliphatic rings. The van der Waals surface area contributed by atoms with Gasteiger partial charge in [0, 0.05) is 12.1 Å². The van der Waals surface area contributed by atoms with Gasteiger partial charge in [0.25, 0.3) is 0 Å². The molecule has 1 heterocycles. The molecule has 1 aromatic rings. The zero-order chi connectivity index (χ0) is 13.0. The smallest absolute Gasteiger partial charge is 0.340 e. The minimum Gasteiger partial charge on any atom is -0.462 e. The molecule has 0 unspecified atom stereocenters. The first-order valence-electron chi connectivity index (χ1n) is 6.08. The predicted molar refractivity (Wildman–Crippen MR) is 66.8 cm³/mol. The first kappa shape index (κ1) is 12.5. The molecule has 0 fully saturated rings. The second-order valence-corrected chi connectivity index (χ2v) is 4.14. The molecular formula is C13H17NO4. The maximum absolute atomic E-state index is 11.8. The van der Waals surface area contributed by atoms with E-state index in [9.17, 15) is 4.79 Å². The van der Waals surface area contributed by atoms with Crippen LogP contribution in [0.3, 0.4) is 0 Å². The first-order valence-corrected chi connectivity index (χ1v) is 6.08. The zero-order valence-electron chi connectivity index (χ0n) is 10.4. The Balaban J connectivity index is 2.02. The van der Waals surface area contributed by atoms with E-state index < -0.39 is 5.97 Å². The van der Waals surface area contributed by atoms with E-state index in [0.717, 1.165) is 19.3 Å². The van der Waals surface area contributed by atoms with Gasteiger partial charge in [0.05, 0.1) is 17.9 Å². The third kappa shape index (κ3) is 2.67. The highest BCUT2D eigenvalue weighted by Gasteiger charge is 2.20. The summed E-state index contributed by atoms with van der Waals surface area (Å²) in [5.41, 5.74) is 6.46. The minimum atomic E-state index is -0.415. The number of benzene rings is 1. The summed E-state index contributed by atoms with van der Waals surface area (Å²) in [5, 5.41) is 0. The molecular weight excluding hydrogens is 234 g/mol. The van der Waals surface area contributed by atoms with Crippen LogP contribution in [0.5, 0.6) is 11.5 Å². The average Bonchev–Trinajstić information content (AvgIpc) is 2.80. The molecule has 1 aromatic carbocycles. The molecule has 0 aliphatic carbocycles. The molecule has 0 atom stereocenters. The SMILES string of the molecule is CCCCCOC(=O)c1cc2c(cc1N)OCO2. The number of esters is 1. The van der Waals surface area contributed by atoms with Crippen molar-refractivity contribution < 1.29 is 19.0 Å². The molecule has 2 rings (SSSR count). The molecule has 0 aromatic heterocycles. The van der Waals surface area contributed by atoms with Crippen molar-refractivity contribution in [1.29, 1.82) is 0 Å². The molecule has 0 spiro atoms. The van der Waals surface area contributed by atoms with Gasteiger partial charge in [-0.05, 0) is 6.42 Å². The molecule has 5 heteroatoms. The summed E-state index contributed by atoms with van der Waals surface area (Å²) >= 11 is 0. The van der Waals surface area contributed by atoms with E-state index in [4.69, 9.17) is 19.9 Å². The van der Waals surface area contributed by atoms with Gasteiger partial charge < -0.3 is 19.9 Å². The van der Waals surface area contributed by atoms with E-state index in [2.05, 4.69) is 6.92 Å². The molecule has 18 heavy (non-hydrogen) atoms. The number of carbonyl (C=O) groups is 1. The van der Waals surface area contributed by atoms with Crippen molar-refractivity contribution in [3.05, 3.63) is 17.7 Å². The highest BCUT2D eigenvalue weighted by atomic mass is 16.7. The predicted octanol–water partition coefficient (Wildman–Crippen LogP) is 2.34. The van der Waals surface area contributed by atoms with Crippen LogP contribution in [0.2, 0.25) is 0 Å². The van der Waals surface area contributed by atoms with Crippen LogP contribution in [0, 0.1) is 0 Å². The van der Waals surface area contributed by atoms with Crippen LogP contribution in [-0.2, 0) is 4.74 Å². The lowest BCUT2D eigenvalue weighted by Gasteiger charge is -2.07. The molecule has 1 aliphatic heterocycles. The Hall–Kier alpha value is -1.91. The highest BCUT2D eigenvalue weighted by Crippen LogP contribution is 2.36. The number of nitrogens with two attached hydrogens (primary N) is 1. The van der Waals surface area contributed by atoms with Crippen LogP contribution in [0.15, 0.2) is 12.1 Å². The lowest BCUT2D eigenvalue weighted by atomic mass is 10.1. The molecule has 2 N–H and O–H groups in total. The van der Waals surface area contributed by atoms with Crippen molar-refractivity contribution in [2.75, 3.05) is 19.1 Å². The van der Waals surface area contributed by atoms with Gasteiger partial charge in [-0.25, -0.2) is 4.79 Å². The zero-order valence-corrected chi connectivity index (χ0v) is 10.4. The number of nitrogen functional groups attached to an aromatic ring is 1. The van der Waals surface area contributed by atoms with Crippen molar-refractivity contribution in [3.8, 4) is 11.5 Å². The normalized spacial score (nSPS) is 12.5. The van der Waals surface area contributed by atoms with E-state index >= 15 is 0 Å². The number of ether oxygens (including phenoxy) is 3. The van der Waals surface area contributed by atoms with Crippen LogP contribution >= 0.6 is 0 Å². The molecule has 98 valence electrons. The number of unbranched alkanes of at least 4 members (excludes halogenated alkanes) is 2. The second kappa shape index (κ2) is 5.62. The number of rotatable bonds is 5. The fraction of sp³-hybridized carbons (Fsp3) is 0.462. The van der Waals surface area contributed by atoms with E-state index in [1.807, 2.05) is 0 Å². The summed E-state index contributed by atoms with van der Waals surface area (Å²) in [6, 6.07) is 3.16. The van der Waals surface area contributed by atoms with Crippen molar-refractivity contribution in [2.45, 2.75) is 26.2 Å². The summed E-state index contributed by atoms with van der Waals surface area (Å²) in [4.78, 5) is 11.8. The summed E-state index contributed by atoms with van der Waals surface area (Å²) in [5.74, 6) is 0.682. The Morgan fingerprint density at radius 1 is 1.33 bits per heavy atom. The highest BCUT2D eigenvalue weighted by molar-refractivity contribution is 5.96. The number of fused-ring (bicyclic) bond motifs is 1. The number of hydrogen-bond donors (Lipinski definition) is 1. The fourth-order valence-electron chi connectivity index (χ4n) is 1.73. The van der Waals surface area contributed by atoms with Gasteiger partial charge in [-0.1, -0.05) is 19.8 Å². The Bertz CT molecular complexity index is 445. The monoisotopic (exact) mass is 251 g/mol. The van der Waals surface area contributed by atoms with Gasteiger partial charge in [-0.15, -0.1) is 0 Å². The van der Waals surface area contributed by atoms with E-state index in [1.54, 1.807) is 12.1 Å². The fourth-order valence-corrected chi connectivity index (χ4v) is 1.73. The lowest BCUT2D eigenvalue weighted by Crippen LogP contribution is -2.09. The van der Waals surface area contributed by atoms with Gasteiger partial charge in [0.1, 0.15) is 0 Å². The van der Waals surface area contributed by atoms with Gasteiger partial charge in [-0.3, -0.25) is 0 Å². The third-order valence-electron chi connectivity index (χ3n) is 2.75. The largest absolute Gasteiger partial charge is 0.462 e. The quantitative estimate of drug-likeness (QED) is 0.494. The van der Waals surface area contributed by atoms with Crippen molar-refractivity contribution in [3.63, 3.8) is 0 Å². The van der Waals surface area contributed by atoms with Gasteiger partial charge in [-0.2, -0.15) is 0 Å². The molecule has 5 nitrogen and oxygen atoms in total. The topological polar surface area (TPSA) is 70.8 Å².